The van der Waals surface area contributed by atoms with E-state index in [1.54, 1.807) is 22.9 Å². The fourth-order valence-corrected chi connectivity index (χ4v) is 6.02. The summed E-state index contributed by atoms with van der Waals surface area (Å²) in [4.78, 5) is 15.6. The van der Waals surface area contributed by atoms with E-state index in [2.05, 4.69) is 26.3 Å². The third-order valence-electron chi connectivity index (χ3n) is 5.31. The van der Waals surface area contributed by atoms with Crippen LogP contribution in [0.1, 0.15) is 30.7 Å². The number of nitrogens with one attached hydrogen (secondary N) is 1. The number of rotatable bonds is 4. The van der Waals surface area contributed by atoms with Crippen molar-refractivity contribution in [3.63, 3.8) is 0 Å². The van der Waals surface area contributed by atoms with E-state index in [0.29, 0.717) is 35.9 Å². The molecule has 1 unspecified atom stereocenters. The number of anilines is 1. The van der Waals surface area contributed by atoms with Crippen molar-refractivity contribution in [1.29, 1.82) is 5.26 Å². The van der Waals surface area contributed by atoms with Crippen molar-refractivity contribution < 1.29 is 9.13 Å². The molecule has 0 saturated carbocycles. The molecular formula is C21H19FN6OS. The van der Waals surface area contributed by atoms with Crippen LogP contribution in [0.3, 0.4) is 0 Å². The minimum Gasteiger partial charge on any atom is -0.493 e. The van der Waals surface area contributed by atoms with Crippen LogP contribution in [0.5, 0.6) is 5.75 Å². The number of nitrogens with zero attached hydrogens (tertiary/aromatic N) is 5. The lowest BCUT2D eigenvalue weighted by Crippen LogP contribution is -2.10. The molecule has 1 aromatic carbocycles. The molecule has 0 bridgehead atoms. The molecule has 30 heavy (non-hydrogen) atoms. The van der Waals surface area contributed by atoms with Crippen molar-refractivity contribution in [1.82, 2.24) is 14.4 Å². The molecule has 2 aliphatic rings. The SMILES string of the molecule is CC1=CN=C(C)[SH]1c1cnc(NCc2c(F)ccc3c2CCO3)n2cc(C#N)nc12. The maximum atomic E-state index is 14.5. The second-order valence-corrected chi connectivity index (χ2v) is 9.64. The highest BCUT2D eigenvalue weighted by Gasteiger charge is 2.23. The largest absolute Gasteiger partial charge is 0.493 e. The van der Waals surface area contributed by atoms with Crippen LogP contribution in [-0.4, -0.2) is 26.0 Å². The third-order valence-corrected chi connectivity index (χ3v) is 7.69. The number of halogens is 1. The van der Waals surface area contributed by atoms with Crippen LogP contribution in [-0.2, 0) is 13.0 Å². The smallest absolute Gasteiger partial charge is 0.209 e. The first kappa shape index (κ1) is 18.6. The molecular weight excluding hydrogens is 403 g/mol. The summed E-state index contributed by atoms with van der Waals surface area (Å²) in [6, 6.07) is 5.20. The lowest BCUT2D eigenvalue weighted by molar-refractivity contribution is 0.356. The van der Waals surface area contributed by atoms with Gasteiger partial charge in [0.15, 0.2) is 11.3 Å². The fourth-order valence-electron chi connectivity index (χ4n) is 3.90. The Morgan fingerprint density at radius 2 is 2.23 bits per heavy atom. The van der Waals surface area contributed by atoms with Gasteiger partial charge in [-0.05, 0) is 30.9 Å². The number of aliphatic imine (C=N–C) groups is 1. The molecule has 0 aliphatic carbocycles. The summed E-state index contributed by atoms with van der Waals surface area (Å²) in [6.07, 6.45) is 6.00. The highest BCUT2D eigenvalue weighted by Crippen LogP contribution is 2.49. The summed E-state index contributed by atoms with van der Waals surface area (Å²) < 4.78 is 21.8. The number of hydrogen-bond acceptors (Lipinski definition) is 6. The second-order valence-electron chi connectivity index (χ2n) is 7.14. The van der Waals surface area contributed by atoms with E-state index in [1.807, 2.05) is 20.0 Å². The molecule has 7 nitrogen and oxygen atoms in total. The molecule has 4 heterocycles. The van der Waals surface area contributed by atoms with Crippen LogP contribution in [0, 0.1) is 17.1 Å². The van der Waals surface area contributed by atoms with Gasteiger partial charge >= 0.3 is 0 Å². The molecule has 3 aromatic rings. The van der Waals surface area contributed by atoms with Crippen molar-refractivity contribution in [2.45, 2.75) is 31.7 Å². The van der Waals surface area contributed by atoms with Gasteiger partial charge in [-0.25, -0.2) is 14.4 Å². The average Bonchev–Trinajstić information content (AvgIpc) is 3.46. The third kappa shape index (κ3) is 2.92. The summed E-state index contributed by atoms with van der Waals surface area (Å²) in [5.74, 6) is 0.964. The zero-order valence-electron chi connectivity index (χ0n) is 16.5. The molecule has 1 N–H and O–H groups in total. The van der Waals surface area contributed by atoms with Gasteiger partial charge in [-0.3, -0.25) is 9.39 Å². The predicted octanol–water partition coefficient (Wildman–Crippen LogP) is 3.94. The lowest BCUT2D eigenvalue weighted by Gasteiger charge is -2.19. The first-order valence-electron chi connectivity index (χ1n) is 9.53. The molecule has 152 valence electrons. The Morgan fingerprint density at radius 1 is 1.37 bits per heavy atom. The van der Waals surface area contributed by atoms with E-state index >= 15 is 0 Å². The van der Waals surface area contributed by atoms with Crippen LogP contribution < -0.4 is 10.1 Å². The van der Waals surface area contributed by atoms with Gasteiger partial charge in [-0.1, -0.05) is 0 Å². The predicted molar refractivity (Wildman–Crippen MR) is 115 cm³/mol. The topological polar surface area (TPSA) is 87.6 Å². The summed E-state index contributed by atoms with van der Waals surface area (Å²) in [7, 11) is -0.777. The van der Waals surface area contributed by atoms with Crippen molar-refractivity contribution in [3.8, 4) is 11.8 Å². The second kappa shape index (κ2) is 7.15. The number of allylic oxidation sites excluding steroid dienone is 1. The van der Waals surface area contributed by atoms with E-state index in [0.717, 1.165) is 26.2 Å². The van der Waals surface area contributed by atoms with Gasteiger partial charge in [0.1, 0.15) is 17.6 Å². The number of imidazole rings is 1. The summed E-state index contributed by atoms with van der Waals surface area (Å²) >= 11 is 0. The van der Waals surface area contributed by atoms with Crippen molar-refractivity contribution in [3.05, 3.63) is 58.3 Å². The van der Waals surface area contributed by atoms with E-state index in [-0.39, 0.29) is 12.4 Å². The zero-order valence-corrected chi connectivity index (χ0v) is 17.4. The van der Waals surface area contributed by atoms with Gasteiger partial charge in [0, 0.05) is 36.5 Å². The molecule has 5 rings (SSSR count). The molecule has 0 radical (unpaired) electrons. The van der Waals surface area contributed by atoms with Crippen LogP contribution >= 0.6 is 10.9 Å². The van der Waals surface area contributed by atoms with Crippen LogP contribution in [0.2, 0.25) is 0 Å². The van der Waals surface area contributed by atoms with Gasteiger partial charge in [-0.15, -0.1) is 0 Å². The highest BCUT2D eigenvalue weighted by molar-refractivity contribution is 8.33. The molecule has 0 saturated heterocycles. The number of hydrogen-bond donors (Lipinski definition) is 2. The molecule has 0 fully saturated rings. The maximum absolute atomic E-state index is 14.5. The number of ether oxygens (including phenoxy) is 1. The van der Waals surface area contributed by atoms with E-state index in [1.165, 1.54) is 6.07 Å². The minimum absolute atomic E-state index is 0.258. The standard InChI is InChI=1S/C21H19FN6OS/c1-12-8-24-13(2)30(12)19-10-26-21(28-11-14(7-23)27-20(19)28)25-9-16-15-5-6-29-18(15)4-3-17(16)22/h3-4,8,10-11,30H,5-6,9H2,1-2H3,(H,25,26). The lowest BCUT2D eigenvalue weighted by atomic mass is 10.0. The van der Waals surface area contributed by atoms with E-state index in [9.17, 15) is 9.65 Å². The van der Waals surface area contributed by atoms with E-state index < -0.39 is 10.9 Å². The summed E-state index contributed by atoms with van der Waals surface area (Å²) in [6.45, 7) is 4.86. The number of fused-ring (bicyclic) bond motifs is 2. The van der Waals surface area contributed by atoms with E-state index in [4.69, 9.17) is 4.74 Å². The monoisotopic (exact) mass is 422 g/mol. The average molecular weight is 422 g/mol. The van der Waals surface area contributed by atoms with Crippen molar-refractivity contribution in [2.75, 3.05) is 11.9 Å². The Kier molecular flexibility index (Phi) is 4.44. The van der Waals surface area contributed by atoms with Gasteiger partial charge in [0.25, 0.3) is 0 Å². The quantitative estimate of drug-likeness (QED) is 0.622. The van der Waals surface area contributed by atoms with Gasteiger partial charge in [-0.2, -0.15) is 16.2 Å². The molecule has 9 heteroatoms. The Morgan fingerprint density at radius 3 is 3.00 bits per heavy atom. The molecule has 2 aromatic heterocycles. The van der Waals surface area contributed by atoms with Crippen molar-refractivity contribution in [2.24, 2.45) is 4.99 Å². The normalized spacial score (nSPS) is 18.5. The van der Waals surface area contributed by atoms with Crippen LogP contribution in [0.15, 0.2) is 45.5 Å². The Balaban J connectivity index is 1.54. The van der Waals surface area contributed by atoms with Gasteiger partial charge in [0.05, 0.1) is 22.7 Å². The molecule has 0 amide bonds. The summed E-state index contributed by atoms with van der Waals surface area (Å²) in [5.41, 5.74) is 2.44. The minimum atomic E-state index is -0.777. The van der Waals surface area contributed by atoms with Crippen LogP contribution in [0.4, 0.5) is 10.3 Å². The highest BCUT2D eigenvalue weighted by atomic mass is 32.2. The number of nitriles is 1. The number of benzene rings is 1. The van der Waals surface area contributed by atoms with Crippen molar-refractivity contribution >= 4 is 27.5 Å². The zero-order chi connectivity index (χ0) is 20.8. The Bertz CT molecular complexity index is 1270. The number of thiol groups is 1. The number of aromatic nitrogens is 3. The fraction of sp³-hybridized carbons (Fsp3) is 0.238. The molecule has 0 spiro atoms. The maximum Gasteiger partial charge on any atom is 0.209 e. The summed E-state index contributed by atoms with van der Waals surface area (Å²) in [5, 5.41) is 13.6. The first-order chi connectivity index (χ1) is 14.6. The first-order valence-corrected chi connectivity index (χ1v) is 10.9. The van der Waals surface area contributed by atoms with Crippen LogP contribution in [0.25, 0.3) is 5.65 Å². The Hall–Kier alpha value is -3.38. The van der Waals surface area contributed by atoms with Gasteiger partial charge < -0.3 is 10.1 Å². The molecule has 2 aliphatic heterocycles. The Labute approximate surface area is 175 Å². The molecule has 1 atom stereocenters. The van der Waals surface area contributed by atoms with Gasteiger partial charge in [0.2, 0.25) is 5.95 Å².